The Kier molecular flexibility index (Phi) is 1.78. The van der Waals surface area contributed by atoms with E-state index in [2.05, 4.69) is 23.9 Å². The van der Waals surface area contributed by atoms with E-state index in [1.165, 1.54) is 12.8 Å². The summed E-state index contributed by atoms with van der Waals surface area (Å²) in [6.45, 7) is 5.58. The van der Waals surface area contributed by atoms with Crippen molar-refractivity contribution in [3.05, 3.63) is 6.33 Å². The lowest BCUT2D eigenvalue weighted by Gasteiger charge is -2.42. The fraction of sp³-hybridized carbons (Fsp3) is 0.778. The van der Waals surface area contributed by atoms with Gasteiger partial charge in [-0.05, 0) is 24.2 Å². The molecular weight excluding hydrogens is 164 g/mol. The summed E-state index contributed by atoms with van der Waals surface area (Å²) in [6, 6.07) is 0. The molecule has 1 aromatic rings. The van der Waals surface area contributed by atoms with Crippen LogP contribution in [0.3, 0.4) is 0 Å². The Hall–Kier alpha value is -1.06. The molecule has 1 aromatic heterocycles. The summed E-state index contributed by atoms with van der Waals surface area (Å²) in [5.74, 6) is 1.13. The van der Waals surface area contributed by atoms with Crippen LogP contribution >= 0.6 is 0 Å². The quantitative estimate of drug-likeness (QED) is 0.746. The highest BCUT2D eigenvalue weighted by atomic mass is 15.4. The molecular formula is C9H16N4. The van der Waals surface area contributed by atoms with Crippen molar-refractivity contribution in [3.8, 4) is 0 Å². The van der Waals surface area contributed by atoms with Gasteiger partial charge in [0.15, 0.2) is 0 Å². The van der Waals surface area contributed by atoms with Crippen molar-refractivity contribution >= 4 is 5.95 Å². The highest BCUT2D eigenvalue weighted by molar-refractivity contribution is 5.09. The van der Waals surface area contributed by atoms with E-state index in [0.717, 1.165) is 12.5 Å². The molecule has 1 aliphatic carbocycles. The fourth-order valence-corrected chi connectivity index (χ4v) is 2.29. The molecule has 0 aliphatic heterocycles. The Morgan fingerprint density at radius 1 is 1.62 bits per heavy atom. The number of nitrogen functional groups attached to an aromatic ring is 1. The van der Waals surface area contributed by atoms with Gasteiger partial charge in [-0.25, -0.2) is 4.98 Å². The van der Waals surface area contributed by atoms with Crippen LogP contribution in [0.15, 0.2) is 6.33 Å². The highest BCUT2D eigenvalue weighted by Gasteiger charge is 2.35. The topological polar surface area (TPSA) is 56.7 Å². The van der Waals surface area contributed by atoms with Crippen molar-refractivity contribution in [2.45, 2.75) is 33.2 Å². The van der Waals surface area contributed by atoms with Crippen LogP contribution in [0, 0.1) is 11.3 Å². The molecule has 4 heteroatoms. The van der Waals surface area contributed by atoms with Gasteiger partial charge >= 0.3 is 0 Å². The lowest BCUT2D eigenvalue weighted by atomic mass is 9.64. The Bertz CT molecular complexity index is 294. The van der Waals surface area contributed by atoms with Gasteiger partial charge < -0.3 is 5.73 Å². The standard InChI is InChI=1S/C9H16N4/c1-9(2)3-7(4-9)5-13-6-11-8(10)12-13/h6-7H,3-5H2,1-2H3,(H2,10,12). The largest absolute Gasteiger partial charge is 0.367 e. The molecule has 0 radical (unpaired) electrons. The third kappa shape index (κ3) is 1.82. The summed E-state index contributed by atoms with van der Waals surface area (Å²) < 4.78 is 1.84. The van der Waals surface area contributed by atoms with Gasteiger partial charge in [0.2, 0.25) is 5.95 Å². The molecule has 1 saturated carbocycles. The van der Waals surface area contributed by atoms with Gasteiger partial charge in [0.25, 0.3) is 0 Å². The molecule has 1 aliphatic rings. The summed E-state index contributed by atoms with van der Waals surface area (Å²) in [5.41, 5.74) is 5.96. The van der Waals surface area contributed by atoms with E-state index >= 15 is 0 Å². The van der Waals surface area contributed by atoms with Gasteiger partial charge in [-0.3, -0.25) is 4.68 Å². The van der Waals surface area contributed by atoms with Gasteiger partial charge in [0.1, 0.15) is 6.33 Å². The van der Waals surface area contributed by atoms with Crippen LogP contribution in [-0.4, -0.2) is 14.8 Å². The molecule has 0 aromatic carbocycles. The fourth-order valence-electron chi connectivity index (χ4n) is 2.29. The molecule has 0 spiro atoms. The Morgan fingerprint density at radius 2 is 2.31 bits per heavy atom. The zero-order valence-corrected chi connectivity index (χ0v) is 8.20. The maximum atomic E-state index is 5.42. The van der Waals surface area contributed by atoms with Gasteiger partial charge in [-0.15, -0.1) is 5.10 Å². The van der Waals surface area contributed by atoms with Crippen molar-refractivity contribution in [1.82, 2.24) is 14.8 Å². The van der Waals surface area contributed by atoms with Crippen LogP contribution in [0.1, 0.15) is 26.7 Å². The third-order valence-electron chi connectivity index (χ3n) is 2.68. The molecule has 72 valence electrons. The van der Waals surface area contributed by atoms with Crippen LogP contribution in [0.2, 0.25) is 0 Å². The minimum atomic E-state index is 0.374. The zero-order chi connectivity index (χ0) is 9.47. The van der Waals surface area contributed by atoms with Gasteiger partial charge in [0, 0.05) is 6.54 Å². The van der Waals surface area contributed by atoms with E-state index in [-0.39, 0.29) is 0 Å². The lowest BCUT2D eigenvalue weighted by molar-refractivity contribution is 0.0800. The summed E-state index contributed by atoms with van der Waals surface area (Å²) in [7, 11) is 0. The van der Waals surface area contributed by atoms with Crippen molar-refractivity contribution in [3.63, 3.8) is 0 Å². The number of aromatic nitrogens is 3. The number of nitrogens with zero attached hydrogens (tertiary/aromatic N) is 3. The molecule has 0 saturated heterocycles. The van der Waals surface area contributed by atoms with Crippen molar-refractivity contribution in [2.75, 3.05) is 5.73 Å². The predicted octanol–water partition coefficient (Wildman–Crippen LogP) is 1.30. The van der Waals surface area contributed by atoms with Crippen molar-refractivity contribution in [2.24, 2.45) is 11.3 Å². The van der Waals surface area contributed by atoms with Crippen LogP contribution in [0.4, 0.5) is 5.95 Å². The molecule has 1 fully saturated rings. The first-order valence-electron chi connectivity index (χ1n) is 4.70. The third-order valence-corrected chi connectivity index (χ3v) is 2.68. The smallest absolute Gasteiger partial charge is 0.239 e. The molecule has 2 rings (SSSR count). The number of rotatable bonds is 2. The van der Waals surface area contributed by atoms with Crippen molar-refractivity contribution in [1.29, 1.82) is 0 Å². The number of anilines is 1. The Morgan fingerprint density at radius 3 is 2.77 bits per heavy atom. The van der Waals surface area contributed by atoms with E-state index < -0.39 is 0 Å². The van der Waals surface area contributed by atoms with Crippen LogP contribution in [-0.2, 0) is 6.54 Å². The number of nitrogens with two attached hydrogens (primary N) is 1. The van der Waals surface area contributed by atoms with Crippen LogP contribution < -0.4 is 5.73 Å². The molecule has 0 bridgehead atoms. The summed E-state index contributed by atoms with van der Waals surface area (Å²) in [5, 5.41) is 4.06. The molecule has 13 heavy (non-hydrogen) atoms. The van der Waals surface area contributed by atoms with Gasteiger partial charge in [-0.2, -0.15) is 0 Å². The second-order valence-electron chi connectivity index (χ2n) is 4.76. The Balaban J connectivity index is 1.87. The summed E-state index contributed by atoms with van der Waals surface area (Å²) in [6.07, 6.45) is 4.28. The average Bonchev–Trinajstić information content (AvgIpc) is 2.31. The first-order chi connectivity index (χ1) is 6.05. The van der Waals surface area contributed by atoms with E-state index in [4.69, 9.17) is 5.73 Å². The van der Waals surface area contributed by atoms with E-state index in [9.17, 15) is 0 Å². The zero-order valence-electron chi connectivity index (χ0n) is 8.20. The second kappa shape index (κ2) is 2.72. The van der Waals surface area contributed by atoms with Crippen molar-refractivity contribution < 1.29 is 0 Å². The predicted molar refractivity (Wildman–Crippen MR) is 50.9 cm³/mol. The van der Waals surface area contributed by atoms with E-state index in [1.54, 1.807) is 6.33 Å². The lowest BCUT2D eigenvalue weighted by Crippen LogP contribution is -2.34. The average molecular weight is 180 g/mol. The monoisotopic (exact) mass is 180 g/mol. The molecule has 0 unspecified atom stereocenters. The maximum absolute atomic E-state index is 5.42. The minimum Gasteiger partial charge on any atom is -0.367 e. The summed E-state index contributed by atoms with van der Waals surface area (Å²) in [4.78, 5) is 3.89. The van der Waals surface area contributed by atoms with Crippen LogP contribution in [0.5, 0.6) is 0 Å². The maximum Gasteiger partial charge on any atom is 0.239 e. The molecule has 2 N–H and O–H groups in total. The molecule has 0 amide bonds. The van der Waals surface area contributed by atoms with Gasteiger partial charge in [-0.1, -0.05) is 13.8 Å². The Labute approximate surface area is 78.1 Å². The summed E-state index contributed by atoms with van der Waals surface area (Å²) >= 11 is 0. The molecule has 0 atom stereocenters. The first-order valence-corrected chi connectivity index (χ1v) is 4.70. The first kappa shape index (κ1) is 8.53. The molecule has 1 heterocycles. The van der Waals surface area contributed by atoms with Crippen LogP contribution in [0.25, 0.3) is 0 Å². The van der Waals surface area contributed by atoms with E-state index in [1.807, 2.05) is 4.68 Å². The molecule has 4 nitrogen and oxygen atoms in total. The van der Waals surface area contributed by atoms with Gasteiger partial charge in [0.05, 0.1) is 0 Å². The highest BCUT2D eigenvalue weighted by Crippen LogP contribution is 2.45. The normalized spacial score (nSPS) is 21.4. The number of hydrogen-bond donors (Lipinski definition) is 1. The SMILES string of the molecule is CC1(C)CC(Cn2cnc(N)n2)C1. The second-order valence-corrected chi connectivity index (χ2v) is 4.76. The van der Waals surface area contributed by atoms with E-state index in [0.29, 0.717) is 11.4 Å². The number of hydrogen-bond acceptors (Lipinski definition) is 3. The minimum absolute atomic E-state index is 0.374.